The quantitative estimate of drug-likeness (QED) is 0.765. The van der Waals surface area contributed by atoms with E-state index in [2.05, 4.69) is 22.4 Å². The molecule has 1 atom stereocenters. The van der Waals surface area contributed by atoms with Crippen molar-refractivity contribution in [1.29, 1.82) is 0 Å². The van der Waals surface area contributed by atoms with Crippen LogP contribution in [0.5, 0.6) is 0 Å². The van der Waals surface area contributed by atoms with E-state index in [0.717, 1.165) is 13.0 Å². The number of sulfone groups is 1. The molecule has 1 unspecified atom stereocenters. The first-order chi connectivity index (χ1) is 8.98. The molecule has 0 saturated heterocycles. The van der Waals surface area contributed by atoms with Gasteiger partial charge in [0, 0.05) is 18.7 Å². The van der Waals surface area contributed by atoms with Gasteiger partial charge < -0.3 is 9.84 Å². The average Bonchev–Trinajstić information content (AvgIpc) is 3.06. The van der Waals surface area contributed by atoms with Gasteiger partial charge in [0.2, 0.25) is 5.89 Å². The zero-order valence-electron chi connectivity index (χ0n) is 11.4. The highest BCUT2D eigenvalue weighted by molar-refractivity contribution is 7.89. The maximum absolute atomic E-state index is 11.2. The van der Waals surface area contributed by atoms with Gasteiger partial charge in [0.1, 0.15) is 5.75 Å². The van der Waals surface area contributed by atoms with E-state index >= 15 is 0 Å². The van der Waals surface area contributed by atoms with Crippen LogP contribution in [-0.4, -0.2) is 37.4 Å². The Morgan fingerprint density at radius 1 is 1.47 bits per heavy atom. The highest BCUT2D eigenvalue weighted by Gasteiger charge is 2.32. The number of hydrogen-bond donors (Lipinski definition) is 1. The topological polar surface area (TPSA) is 85.1 Å². The molecule has 1 aliphatic rings. The summed E-state index contributed by atoms with van der Waals surface area (Å²) in [6, 6.07) is 0.367. The van der Waals surface area contributed by atoms with Crippen LogP contribution in [0.2, 0.25) is 0 Å². The number of nitrogens with one attached hydrogen (secondary N) is 1. The lowest BCUT2D eigenvalue weighted by molar-refractivity contribution is 0.343. The van der Waals surface area contributed by atoms with Crippen molar-refractivity contribution >= 4 is 9.84 Å². The van der Waals surface area contributed by atoms with Crippen molar-refractivity contribution in [3.05, 3.63) is 11.7 Å². The lowest BCUT2D eigenvalue weighted by Gasteiger charge is -2.15. The second-order valence-electron chi connectivity index (χ2n) is 5.28. The fourth-order valence-electron chi connectivity index (χ4n) is 2.09. The SMILES string of the molecule is CCCNC(Cc1nc(CS(C)(=O)=O)no1)C1CC1. The van der Waals surface area contributed by atoms with Gasteiger partial charge in [-0.1, -0.05) is 12.1 Å². The standard InChI is InChI=1S/C12H21N3O3S/c1-3-6-13-10(9-4-5-9)7-12-14-11(15-18-12)8-19(2,16)17/h9-10,13H,3-8H2,1-2H3. The van der Waals surface area contributed by atoms with E-state index in [0.29, 0.717) is 24.3 Å². The van der Waals surface area contributed by atoms with E-state index < -0.39 is 9.84 Å². The van der Waals surface area contributed by atoms with Crippen molar-refractivity contribution in [2.24, 2.45) is 5.92 Å². The molecular formula is C12H21N3O3S. The molecule has 1 aliphatic carbocycles. The second kappa shape index (κ2) is 6.00. The Labute approximate surface area is 113 Å². The van der Waals surface area contributed by atoms with E-state index in [4.69, 9.17) is 4.52 Å². The predicted octanol–water partition coefficient (Wildman–Crippen LogP) is 0.935. The molecule has 108 valence electrons. The normalized spacial score (nSPS) is 17.6. The van der Waals surface area contributed by atoms with Crippen LogP contribution >= 0.6 is 0 Å². The fraction of sp³-hybridized carbons (Fsp3) is 0.833. The van der Waals surface area contributed by atoms with Crippen molar-refractivity contribution in [3.8, 4) is 0 Å². The average molecular weight is 287 g/mol. The number of hydrogen-bond acceptors (Lipinski definition) is 6. The summed E-state index contributed by atoms with van der Waals surface area (Å²) in [7, 11) is -3.11. The molecule has 0 aromatic carbocycles. The van der Waals surface area contributed by atoms with E-state index in [1.807, 2.05) is 0 Å². The van der Waals surface area contributed by atoms with Crippen LogP contribution in [0, 0.1) is 5.92 Å². The lowest BCUT2D eigenvalue weighted by atomic mass is 10.1. The summed E-state index contributed by atoms with van der Waals surface area (Å²) in [4.78, 5) is 4.16. The molecule has 2 rings (SSSR count). The smallest absolute Gasteiger partial charge is 0.228 e. The number of rotatable bonds is 8. The molecule has 1 saturated carbocycles. The zero-order chi connectivity index (χ0) is 13.9. The highest BCUT2D eigenvalue weighted by Crippen LogP contribution is 2.33. The fourth-order valence-corrected chi connectivity index (χ4v) is 2.67. The molecule has 1 heterocycles. The van der Waals surface area contributed by atoms with Crippen LogP contribution in [-0.2, 0) is 22.0 Å². The van der Waals surface area contributed by atoms with Crippen LogP contribution in [0.15, 0.2) is 4.52 Å². The van der Waals surface area contributed by atoms with E-state index in [9.17, 15) is 8.42 Å². The van der Waals surface area contributed by atoms with Crippen LogP contribution in [0.3, 0.4) is 0 Å². The molecule has 0 radical (unpaired) electrons. The maximum atomic E-state index is 11.2. The Hall–Kier alpha value is -0.950. The van der Waals surface area contributed by atoms with Gasteiger partial charge in [-0.25, -0.2) is 8.42 Å². The Morgan fingerprint density at radius 2 is 2.21 bits per heavy atom. The summed E-state index contributed by atoms with van der Waals surface area (Å²) in [5.41, 5.74) is 0. The van der Waals surface area contributed by atoms with Gasteiger partial charge in [-0.3, -0.25) is 0 Å². The van der Waals surface area contributed by atoms with Crippen molar-refractivity contribution in [2.45, 2.75) is 44.4 Å². The maximum Gasteiger partial charge on any atom is 0.228 e. The number of aromatic nitrogens is 2. The molecule has 1 N–H and O–H groups in total. The van der Waals surface area contributed by atoms with Crippen molar-refractivity contribution in [1.82, 2.24) is 15.5 Å². The third-order valence-corrected chi connectivity index (χ3v) is 3.93. The molecule has 19 heavy (non-hydrogen) atoms. The second-order valence-corrected chi connectivity index (χ2v) is 7.42. The summed E-state index contributed by atoms with van der Waals surface area (Å²) in [5, 5.41) is 7.21. The minimum Gasteiger partial charge on any atom is -0.339 e. The lowest BCUT2D eigenvalue weighted by Crippen LogP contribution is -2.33. The van der Waals surface area contributed by atoms with E-state index in [1.54, 1.807) is 0 Å². The molecule has 1 aromatic rings. The first-order valence-corrected chi connectivity index (χ1v) is 8.76. The van der Waals surface area contributed by atoms with Gasteiger partial charge in [-0.15, -0.1) is 0 Å². The summed E-state index contributed by atoms with van der Waals surface area (Å²) in [5.74, 6) is 1.31. The van der Waals surface area contributed by atoms with Crippen LogP contribution in [0.1, 0.15) is 37.9 Å². The minimum atomic E-state index is -3.11. The van der Waals surface area contributed by atoms with Crippen molar-refractivity contribution in [2.75, 3.05) is 12.8 Å². The minimum absolute atomic E-state index is 0.160. The van der Waals surface area contributed by atoms with Crippen molar-refractivity contribution < 1.29 is 12.9 Å². The summed E-state index contributed by atoms with van der Waals surface area (Å²) in [6.07, 6.45) is 5.42. The molecule has 0 aliphatic heterocycles. The number of nitrogens with zero attached hydrogens (tertiary/aromatic N) is 2. The monoisotopic (exact) mass is 287 g/mol. The van der Waals surface area contributed by atoms with Crippen LogP contribution in [0.4, 0.5) is 0 Å². The summed E-state index contributed by atoms with van der Waals surface area (Å²) in [6.45, 7) is 3.11. The molecule has 0 amide bonds. The molecule has 1 aromatic heterocycles. The highest BCUT2D eigenvalue weighted by atomic mass is 32.2. The first-order valence-electron chi connectivity index (χ1n) is 6.70. The Bertz CT molecular complexity index is 508. The van der Waals surface area contributed by atoms with Gasteiger partial charge in [-0.2, -0.15) is 4.98 Å². The van der Waals surface area contributed by atoms with Crippen LogP contribution < -0.4 is 5.32 Å². The molecule has 7 heteroatoms. The first kappa shape index (κ1) is 14.5. The Morgan fingerprint density at radius 3 is 2.79 bits per heavy atom. The molecule has 6 nitrogen and oxygen atoms in total. The van der Waals surface area contributed by atoms with Gasteiger partial charge >= 0.3 is 0 Å². The zero-order valence-corrected chi connectivity index (χ0v) is 12.2. The molecular weight excluding hydrogens is 266 g/mol. The molecule has 0 bridgehead atoms. The Kier molecular flexibility index (Phi) is 4.57. The third-order valence-electron chi connectivity index (χ3n) is 3.14. The molecule has 1 fully saturated rings. The largest absolute Gasteiger partial charge is 0.339 e. The Balaban J connectivity index is 1.93. The van der Waals surface area contributed by atoms with Crippen LogP contribution in [0.25, 0.3) is 0 Å². The molecule has 0 spiro atoms. The predicted molar refractivity (Wildman–Crippen MR) is 71.4 cm³/mol. The van der Waals surface area contributed by atoms with Gasteiger partial charge in [0.15, 0.2) is 15.7 Å². The van der Waals surface area contributed by atoms with E-state index in [1.165, 1.54) is 19.1 Å². The van der Waals surface area contributed by atoms with Gasteiger partial charge in [-0.05, 0) is 31.7 Å². The van der Waals surface area contributed by atoms with Gasteiger partial charge in [0.25, 0.3) is 0 Å². The third kappa shape index (κ3) is 4.91. The van der Waals surface area contributed by atoms with E-state index in [-0.39, 0.29) is 11.6 Å². The van der Waals surface area contributed by atoms with Crippen molar-refractivity contribution in [3.63, 3.8) is 0 Å². The summed E-state index contributed by atoms with van der Waals surface area (Å²) >= 11 is 0. The van der Waals surface area contributed by atoms with Gasteiger partial charge in [0.05, 0.1) is 0 Å². The summed E-state index contributed by atoms with van der Waals surface area (Å²) < 4.78 is 27.4.